The summed E-state index contributed by atoms with van der Waals surface area (Å²) in [4.78, 5) is 23.1. The smallest absolute Gasteiger partial charge is 0.246 e. The van der Waals surface area contributed by atoms with Gasteiger partial charge in [-0.1, -0.05) is 6.92 Å². The van der Waals surface area contributed by atoms with E-state index in [9.17, 15) is 26.3 Å². The number of fused-ring (bicyclic) bond motifs is 18. The number of allylic oxidation sites excluding steroid dienone is 1. The first kappa shape index (κ1) is 36.9. The Kier molecular flexibility index (Phi) is 7.72. The summed E-state index contributed by atoms with van der Waals surface area (Å²) in [6, 6.07) is 0.259. The summed E-state index contributed by atoms with van der Waals surface area (Å²) in [5.74, 6) is -44.1. The molecule has 5 heterocycles. The van der Waals surface area contributed by atoms with Gasteiger partial charge < -0.3 is 15.3 Å². The third-order valence-corrected chi connectivity index (χ3v) is 9.31. The second-order valence-electron chi connectivity index (χ2n) is 12.5. The van der Waals surface area contributed by atoms with E-state index in [0.29, 0.717) is 0 Å². The van der Waals surface area contributed by atoms with Gasteiger partial charge in [0.25, 0.3) is 0 Å². The van der Waals surface area contributed by atoms with Crippen molar-refractivity contribution in [1.29, 1.82) is 0 Å². The van der Waals surface area contributed by atoms with E-state index in [1.54, 1.807) is 0 Å². The molecule has 9 nitrogen and oxygen atoms in total. The monoisotopic (exact) mass is 829 g/mol. The average Bonchev–Trinajstić information content (AvgIpc) is 3.93. The van der Waals surface area contributed by atoms with Gasteiger partial charge in [0.1, 0.15) is 28.8 Å². The molecule has 0 saturated carbocycles. The summed E-state index contributed by atoms with van der Waals surface area (Å²) in [6.07, 6.45) is 0. The van der Waals surface area contributed by atoms with Crippen molar-refractivity contribution in [2.75, 3.05) is 11.9 Å². The molecule has 4 aliphatic rings. The molecule has 3 aliphatic heterocycles. The van der Waals surface area contributed by atoms with Crippen LogP contribution in [0.4, 0.5) is 83.3 Å². The van der Waals surface area contributed by atoms with Crippen molar-refractivity contribution >= 4 is 57.4 Å². The molecule has 1 atom stereocenters. The van der Waals surface area contributed by atoms with E-state index in [2.05, 4.69) is 40.2 Å². The molecule has 0 saturated heterocycles. The van der Waals surface area contributed by atoms with Crippen LogP contribution in [0.2, 0.25) is 0 Å². The van der Waals surface area contributed by atoms with Crippen molar-refractivity contribution in [1.82, 2.24) is 15.3 Å². The minimum atomic E-state index is -3.89. The van der Waals surface area contributed by atoms with Crippen LogP contribution in [0.15, 0.2) is 42.7 Å². The molecule has 0 spiro atoms. The van der Waals surface area contributed by atoms with Gasteiger partial charge >= 0.3 is 0 Å². The molecular formula is C34H10F15N9. The Balaban J connectivity index is 1.49. The third kappa shape index (κ3) is 4.64. The number of aromatic amines is 2. The Morgan fingerprint density at radius 1 is 0.569 bits per heavy atom. The molecule has 1 aliphatic carbocycles. The van der Waals surface area contributed by atoms with Crippen LogP contribution in [0.25, 0.3) is 16.6 Å². The van der Waals surface area contributed by atoms with Crippen molar-refractivity contribution in [3.8, 4) is 0 Å². The lowest BCUT2D eigenvalue weighted by molar-refractivity contribution is 0.122. The second kappa shape index (κ2) is 12.1. The Morgan fingerprint density at radius 2 is 1.12 bits per heavy atom. The molecule has 296 valence electrons. The number of amidine groups is 4. The number of hydrogen-bond donors (Lipinski definition) is 4. The van der Waals surface area contributed by atoms with Crippen LogP contribution in [0.1, 0.15) is 34.7 Å². The number of benzene rings is 3. The summed E-state index contributed by atoms with van der Waals surface area (Å²) in [5.41, 5.74) is -7.19. The standard InChI is InChI=1S/C34H10F15N9/c1-2-50-34(49)12-11(19(42)24(47)25(34)48)32-52-26-4-3-5(35)13(36)14(37)6(4)27(51-26)53-28-7-8(16(39)21(44)20(43)15(7)38)29(54-28)55-30-9-10(31(56-30)57-33(12)58-32)18(41)23(46)22(45)17(9)40/h3,50,54H,2H2,1H3,(H,55,56,57)(H,51,52,53,58). The fourth-order valence-corrected chi connectivity index (χ4v) is 6.84. The van der Waals surface area contributed by atoms with Crippen LogP contribution in [0.5, 0.6) is 0 Å². The largest absolute Gasteiger partial charge is 0.325 e. The Hall–Kier alpha value is -6.72. The van der Waals surface area contributed by atoms with Gasteiger partial charge in [0.05, 0.1) is 38.2 Å². The highest BCUT2D eigenvalue weighted by molar-refractivity contribution is 6.27. The van der Waals surface area contributed by atoms with Crippen LogP contribution in [-0.4, -0.2) is 39.9 Å². The SMILES string of the molecule is CCNC1(F)C(F)=C(F)C(F)=c2c1c1[nH]c2=NC2=NC(=Nc3[nH]c(c4c(F)c(F)c(F)c(F)c34)N=C3N=C(N1)c1c(F)c(F)c(F)c(F)c13)c1c2cc(F)c(F)c1F. The van der Waals surface area contributed by atoms with Crippen molar-refractivity contribution in [3.63, 3.8) is 0 Å². The Morgan fingerprint density at radius 3 is 1.72 bits per heavy atom. The topological polar surface area (TPSA) is 117 Å². The lowest BCUT2D eigenvalue weighted by atomic mass is 9.97. The number of aromatic nitrogens is 2. The summed E-state index contributed by atoms with van der Waals surface area (Å²) < 4.78 is 229. The van der Waals surface area contributed by atoms with E-state index < -0.39 is 184 Å². The van der Waals surface area contributed by atoms with Crippen molar-refractivity contribution in [2.45, 2.75) is 12.7 Å². The van der Waals surface area contributed by atoms with Gasteiger partial charge in [-0.15, -0.1) is 0 Å². The van der Waals surface area contributed by atoms with Gasteiger partial charge in [0, 0.05) is 5.56 Å². The van der Waals surface area contributed by atoms with Gasteiger partial charge in [0.2, 0.25) is 5.79 Å². The van der Waals surface area contributed by atoms with Crippen LogP contribution in [0, 0.1) is 64.0 Å². The van der Waals surface area contributed by atoms with Crippen molar-refractivity contribution in [2.24, 2.45) is 25.0 Å². The van der Waals surface area contributed by atoms with E-state index in [1.165, 1.54) is 6.92 Å². The average molecular weight is 829 g/mol. The van der Waals surface area contributed by atoms with Gasteiger partial charge in [-0.3, -0.25) is 5.32 Å². The first-order chi connectivity index (χ1) is 27.4. The maximum atomic E-state index is 16.8. The lowest BCUT2D eigenvalue weighted by Crippen LogP contribution is -2.47. The molecule has 0 radical (unpaired) electrons. The molecule has 4 N–H and O–H groups in total. The zero-order chi connectivity index (χ0) is 41.6. The number of aliphatic imine (C=N–C) groups is 4. The summed E-state index contributed by atoms with van der Waals surface area (Å²) in [6.45, 7) is 0.637. The number of nitrogens with zero attached hydrogens (tertiary/aromatic N) is 5. The van der Waals surface area contributed by atoms with Crippen molar-refractivity contribution in [3.05, 3.63) is 120 Å². The van der Waals surface area contributed by atoms with Crippen LogP contribution in [-0.2, 0) is 5.79 Å². The minimum Gasteiger partial charge on any atom is -0.325 e. The maximum Gasteiger partial charge on any atom is 0.246 e. The molecule has 8 bridgehead atoms. The number of halogens is 15. The molecule has 0 amide bonds. The molecule has 0 fully saturated rings. The normalized spacial score (nSPS) is 18.1. The predicted octanol–water partition coefficient (Wildman–Crippen LogP) is 7.42. The Labute approximate surface area is 308 Å². The van der Waals surface area contributed by atoms with Gasteiger partial charge in [0.15, 0.2) is 99.0 Å². The number of H-pyrrole nitrogens is 2. The third-order valence-electron chi connectivity index (χ3n) is 9.31. The van der Waals surface area contributed by atoms with E-state index in [0.717, 1.165) is 0 Å². The van der Waals surface area contributed by atoms with E-state index in [4.69, 9.17) is 0 Å². The zero-order valence-corrected chi connectivity index (χ0v) is 27.7. The number of rotatable bonds is 2. The van der Waals surface area contributed by atoms with E-state index >= 15 is 39.5 Å². The summed E-state index contributed by atoms with van der Waals surface area (Å²) in [7, 11) is 0. The second-order valence-corrected chi connectivity index (χ2v) is 12.5. The highest BCUT2D eigenvalue weighted by Gasteiger charge is 2.49. The van der Waals surface area contributed by atoms with Gasteiger partial charge in [-0.25, -0.2) is 90.8 Å². The first-order valence-electron chi connectivity index (χ1n) is 16.0. The number of likely N-dealkylation sites (N-methyl/N-ethyl adjacent to an activating group) is 1. The van der Waals surface area contributed by atoms with Crippen molar-refractivity contribution < 1.29 is 65.9 Å². The van der Waals surface area contributed by atoms with E-state index in [-0.39, 0.29) is 6.07 Å². The molecule has 5 aromatic rings. The molecular weight excluding hydrogens is 819 g/mol. The minimum absolute atomic E-state index is 0.259. The fraction of sp³-hybridized carbons (Fsp3) is 0.0882. The number of alkyl halides is 1. The van der Waals surface area contributed by atoms with Gasteiger partial charge in [-0.2, -0.15) is 0 Å². The van der Waals surface area contributed by atoms with Crippen LogP contribution < -0.4 is 21.3 Å². The number of nitrogens with one attached hydrogen (secondary N) is 4. The Bertz CT molecular complexity index is 3120. The summed E-state index contributed by atoms with van der Waals surface area (Å²) >= 11 is 0. The molecule has 2 aromatic heterocycles. The fourth-order valence-electron chi connectivity index (χ4n) is 6.84. The molecule has 3 aromatic carbocycles. The zero-order valence-electron chi connectivity index (χ0n) is 27.7. The molecule has 24 heteroatoms. The highest BCUT2D eigenvalue weighted by Crippen LogP contribution is 2.44. The highest BCUT2D eigenvalue weighted by atomic mass is 19.2. The number of anilines is 1. The lowest BCUT2D eigenvalue weighted by Gasteiger charge is -2.28. The molecule has 1 unspecified atom stereocenters. The van der Waals surface area contributed by atoms with Gasteiger partial charge in [-0.05, 0) is 12.6 Å². The predicted molar refractivity (Wildman–Crippen MR) is 172 cm³/mol. The first-order valence-corrected chi connectivity index (χ1v) is 16.0. The summed E-state index contributed by atoms with van der Waals surface area (Å²) in [5, 5.41) is -0.0216. The number of hydrogen-bond acceptors (Lipinski definition) is 7. The quantitative estimate of drug-likeness (QED) is 0.0642. The molecule has 9 rings (SSSR count). The molecule has 58 heavy (non-hydrogen) atoms. The maximum absolute atomic E-state index is 16.8. The van der Waals surface area contributed by atoms with Crippen LogP contribution in [0.3, 0.4) is 0 Å². The van der Waals surface area contributed by atoms with E-state index in [1.807, 2.05) is 5.32 Å². The van der Waals surface area contributed by atoms with Crippen LogP contribution >= 0.6 is 0 Å².